The molecule has 0 atom stereocenters. The fraction of sp³-hybridized carbons (Fsp3) is 0.0656. The summed E-state index contributed by atoms with van der Waals surface area (Å²) in [5.41, 5.74) is 23.3. The van der Waals surface area contributed by atoms with Crippen molar-refractivity contribution in [1.82, 2.24) is 19.5 Å². The first-order valence-corrected chi connectivity index (χ1v) is 22.5. The van der Waals surface area contributed by atoms with Gasteiger partial charge in [0.2, 0.25) is 0 Å². The summed E-state index contributed by atoms with van der Waals surface area (Å²) in [6.07, 6.45) is 0. The van der Waals surface area contributed by atoms with E-state index in [1.807, 2.05) is 42.5 Å². The molecule has 5 heteroatoms. The number of nitrogens with zero attached hydrogens (tertiary/aromatic N) is 4. The van der Waals surface area contributed by atoms with Crippen molar-refractivity contribution in [2.45, 2.75) is 26.2 Å². The van der Waals surface area contributed by atoms with Gasteiger partial charge in [-0.1, -0.05) is 197 Å². The van der Waals surface area contributed by atoms with Gasteiger partial charge in [0.15, 0.2) is 17.5 Å². The van der Waals surface area contributed by atoms with E-state index in [-0.39, 0.29) is 5.41 Å². The molecule has 0 amide bonds. The topological polar surface area (TPSA) is 69.6 Å². The van der Waals surface area contributed by atoms with Crippen molar-refractivity contribution < 1.29 is 0 Å². The Bertz CT molecular complexity index is 3360. The van der Waals surface area contributed by atoms with E-state index in [9.17, 15) is 0 Å². The monoisotopic (exact) mass is 849 g/mol. The molecule has 0 spiro atoms. The number of nitrogen functional groups attached to an aromatic ring is 1. The number of fused-ring (bicyclic) bond motifs is 3. The fourth-order valence-corrected chi connectivity index (χ4v) is 9.08. The van der Waals surface area contributed by atoms with Crippen LogP contribution in [-0.4, -0.2) is 19.5 Å². The highest BCUT2D eigenvalue weighted by Crippen LogP contribution is 2.45. The standard InChI is InChI=1S/C61H47N5/c1-61(2,3)49-32-34-55-53(38-49)54-39-50(62)33-35-56(54)66(55)57-51(44-28-24-42(25-29-44)40-16-8-4-9-17-40)36-48(37-52(57)45-30-26-43(27-31-45)41-18-10-5-11-19-41)60-64-58(46-20-12-6-13-21-46)63-59(65-60)47-22-14-7-15-23-47/h4-39H,62H2,1-3H3. The van der Waals surface area contributed by atoms with E-state index in [1.54, 1.807) is 0 Å². The molecule has 2 N–H and O–H groups in total. The molecular formula is C61H47N5. The van der Waals surface area contributed by atoms with E-state index in [4.69, 9.17) is 20.7 Å². The molecule has 0 saturated heterocycles. The van der Waals surface area contributed by atoms with Gasteiger partial charge in [-0.05, 0) is 86.8 Å². The Labute approximate surface area is 385 Å². The van der Waals surface area contributed by atoms with Crippen LogP contribution in [0.4, 0.5) is 5.69 Å². The summed E-state index contributed by atoms with van der Waals surface area (Å²) in [5, 5.41) is 2.26. The molecule has 0 unspecified atom stereocenters. The minimum atomic E-state index is -0.0519. The first-order valence-electron chi connectivity index (χ1n) is 22.5. The summed E-state index contributed by atoms with van der Waals surface area (Å²) >= 11 is 0. The molecule has 2 aromatic heterocycles. The summed E-state index contributed by atoms with van der Waals surface area (Å²) in [7, 11) is 0. The van der Waals surface area contributed by atoms with Gasteiger partial charge in [-0.2, -0.15) is 0 Å². The van der Waals surface area contributed by atoms with Crippen LogP contribution in [0.15, 0.2) is 218 Å². The molecule has 11 rings (SSSR count). The van der Waals surface area contributed by atoms with Crippen LogP contribution in [0.5, 0.6) is 0 Å². The normalized spacial score (nSPS) is 11.6. The van der Waals surface area contributed by atoms with Gasteiger partial charge in [0, 0.05) is 44.3 Å². The Morgan fingerprint density at radius 2 is 0.712 bits per heavy atom. The Morgan fingerprint density at radius 1 is 0.348 bits per heavy atom. The summed E-state index contributed by atoms with van der Waals surface area (Å²) in [6, 6.07) is 77.0. The molecule has 9 aromatic carbocycles. The highest BCUT2D eigenvalue weighted by molar-refractivity contribution is 6.12. The zero-order valence-electron chi connectivity index (χ0n) is 37.2. The smallest absolute Gasteiger partial charge is 0.164 e. The number of anilines is 1. The lowest BCUT2D eigenvalue weighted by atomic mass is 9.86. The third-order valence-electron chi connectivity index (χ3n) is 12.6. The zero-order chi connectivity index (χ0) is 44.8. The average molecular weight is 850 g/mol. The third-order valence-corrected chi connectivity index (χ3v) is 12.6. The predicted octanol–water partition coefficient (Wildman–Crippen LogP) is 15.5. The fourth-order valence-electron chi connectivity index (χ4n) is 9.08. The molecule has 5 nitrogen and oxygen atoms in total. The molecule has 316 valence electrons. The molecule has 0 radical (unpaired) electrons. The maximum Gasteiger partial charge on any atom is 0.164 e. The summed E-state index contributed by atoms with van der Waals surface area (Å²) in [6.45, 7) is 6.80. The number of aromatic nitrogens is 4. The van der Waals surface area contributed by atoms with Gasteiger partial charge in [-0.25, -0.2) is 15.0 Å². The second-order valence-corrected chi connectivity index (χ2v) is 17.9. The predicted molar refractivity (Wildman–Crippen MR) is 275 cm³/mol. The second-order valence-electron chi connectivity index (χ2n) is 17.9. The van der Waals surface area contributed by atoms with Gasteiger partial charge in [0.05, 0.1) is 16.7 Å². The van der Waals surface area contributed by atoms with Gasteiger partial charge < -0.3 is 10.3 Å². The molecule has 11 aromatic rings. The van der Waals surface area contributed by atoms with E-state index in [2.05, 4.69) is 201 Å². The number of nitrogens with two attached hydrogens (primary N) is 1. The van der Waals surface area contributed by atoms with Crippen LogP contribution in [-0.2, 0) is 5.41 Å². The summed E-state index contributed by atoms with van der Waals surface area (Å²) in [5.74, 6) is 1.81. The first kappa shape index (κ1) is 40.4. The maximum atomic E-state index is 6.62. The lowest BCUT2D eigenvalue weighted by Gasteiger charge is -2.22. The largest absolute Gasteiger partial charge is 0.399 e. The Hall–Kier alpha value is -8.41. The van der Waals surface area contributed by atoms with Gasteiger partial charge >= 0.3 is 0 Å². The van der Waals surface area contributed by atoms with Crippen LogP contribution in [0.25, 0.3) is 106 Å². The molecule has 66 heavy (non-hydrogen) atoms. The molecule has 0 aliphatic rings. The van der Waals surface area contributed by atoms with Gasteiger partial charge in [0.25, 0.3) is 0 Å². The van der Waals surface area contributed by atoms with Gasteiger partial charge in [-0.15, -0.1) is 0 Å². The molecule has 0 fully saturated rings. The van der Waals surface area contributed by atoms with Crippen molar-refractivity contribution in [3.05, 3.63) is 224 Å². The third kappa shape index (κ3) is 7.61. The minimum absolute atomic E-state index is 0.0519. The summed E-state index contributed by atoms with van der Waals surface area (Å²) < 4.78 is 2.44. The van der Waals surface area contributed by atoms with Crippen LogP contribution < -0.4 is 5.73 Å². The molecule has 0 bridgehead atoms. The van der Waals surface area contributed by atoms with Crippen molar-refractivity contribution in [2.75, 3.05) is 5.73 Å². The molecule has 0 saturated carbocycles. The quantitative estimate of drug-likeness (QED) is 0.155. The van der Waals surface area contributed by atoms with E-state index < -0.39 is 0 Å². The average Bonchev–Trinajstić information content (AvgIpc) is 3.69. The van der Waals surface area contributed by atoms with Crippen LogP contribution in [0.2, 0.25) is 0 Å². The summed E-state index contributed by atoms with van der Waals surface area (Å²) in [4.78, 5) is 15.6. The van der Waals surface area contributed by atoms with Crippen molar-refractivity contribution in [3.8, 4) is 84.4 Å². The molecular weight excluding hydrogens is 803 g/mol. The van der Waals surface area contributed by atoms with Crippen LogP contribution in [0.3, 0.4) is 0 Å². The highest BCUT2D eigenvalue weighted by atomic mass is 15.0. The van der Waals surface area contributed by atoms with E-state index in [0.29, 0.717) is 17.5 Å². The van der Waals surface area contributed by atoms with Crippen LogP contribution in [0.1, 0.15) is 26.3 Å². The zero-order valence-corrected chi connectivity index (χ0v) is 37.2. The highest BCUT2D eigenvalue weighted by Gasteiger charge is 2.25. The van der Waals surface area contributed by atoms with Crippen molar-refractivity contribution in [1.29, 1.82) is 0 Å². The SMILES string of the molecule is CC(C)(C)c1ccc2c(c1)c1cc(N)ccc1n2-c1c(-c2ccc(-c3ccccc3)cc2)cc(-c2nc(-c3ccccc3)nc(-c3ccccc3)n2)cc1-c1ccc(-c2ccccc2)cc1. The van der Waals surface area contributed by atoms with Crippen molar-refractivity contribution in [2.24, 2.45) is 0 Å². The van der Waals surface area contributed by atoms with E-state index >= 15 is 0 Å². The van der Waals surface area contributed by atoms with Gasteiger partial charge in [0.1, 0.15) is 0 Å². The van der Waals surface area contributed by atoms with E-state index in [0.717, 1.165) is 83.3 Å². The minimum Gasteiger partial charge on any atom is -0.399 e. The maximum absolute atomic E-state index is 6.62. The lowest BCUT2D eigenvalue weighted by molar-refractivity contribution is 0.591. The van der Waals surface area contributed by atoms with Crippen molar-refractivity contribution in [3.63, 3.8) is 0 Å². The lowest BCUT2D eigenvalue weighted by Crippen LogP contribution is -2.10. The van der Waals surface area contributed by atoms with Crippen LogP contribution >= 0.6 is 0 Å². The van der Waals surface area contributed by atoms with Gasteiger partial charge in [-0.3, -0.25) is 0 Å². The number of hydrogen-bond acceptors (Lipinski definition) is 4. The molecule has 2 heterocycles. The Kier molecular flexibility index (Phi) is 10.2. The van der Waals surface area contributed by atoms with Crippen LogP contribution in [0, 0.1) is 0 Å². The molecule has 0 aliphatic carbocycles. The number of benzene rings is 9. The second kappa shape index (κ2) is 16.6. The number of rotatable bonds is 8. The first-order chi connectivity index (χ1) is 32.2. The van der Waals surface area contributed by atoms with Crippen molar-refractivity contribution >= 4 is 27.5 Å². The Balaban J connectivity index is 1.25. The molecule has 0 aliphatic heterocycles. The number of hydrogen-bond donors (Lipinski definition) is 1. The Morgan fingerprint density at radius 3 is 1.15 bits per heavy atom. The van der Waals surface area contributed by atoms with E-state index in [1.165, 1.54) is 16.7 Å².